The van der Waals surface area contributed by atoms with Gasteiger partial charge in [0.1, 0.15) is 5.54 Å². The molecule has 0 aliphatic carbocycles. The first kappa shape index (κ1) is 14.2. The molecule has 1 fully saturated rings. The molecule has 0 saturated carbocycles. The van der Waals surface area contributed by atoms with Gasteiger partial charge in [-0.25, -0.2) is 0 Å². The highest BCUT2D eigenvalue weighted by Crippen LogP contribution is 2.31. The topological polar surface area (TPSA) is 45.0 Å². The lowest BCUT2D eigenvalue weighted by Crippen LogP contribution is -2.47. The number of nitrogens with one attached hydrogen (secondary N) is 1. The smallest absolute Gasteiger partial charge is 0.130 e. The van der Waals surface area contributed by atoms with E-state index in [0.717, 1.165) is 5.69 Å². The van der Waals surface area contributed by atoms with Crippen LogP contribution >= 0.6 is 11.6 Å². The molecule has 1 aliphatic rings. The SMILES string of the molecule is CC(C)C1CC(C#N)(Nc2ccc(Cl)cc2)CCO1. The van der Waals surface area contributed by atoms with Crippen molar-refractivity contribution in [2.45, 2.75) is 38.3 Å². The number of halogens is 1. The Balaban J connectivity index is 2.14. The Hall–Kier alpha value is -1.24. The molecule has 1 aromatic carbocycles. The number of rotatable bonds is 3. The van der Waals surface area contributed by atoms with Crippen LogP contribution in [0, 0.1) is 17.2 Å². The number of nitriles is 1. The molecule has 1 saturated heterocycles. The Labute approximate surface area is 119 Å². The Bertz CT molecular complexity index is 466. The zero-order valence-corrected chi connectivity index (χ0v) is 12.1. The van der Waals surface area contributed by atoms with Gasteiger partial charge in [0.2, 0.25) is 0 Å². The Kier molecular flexibility index (Phi) is 4.34. The van der Waals surface area contributed by atoms with Gasteiger partial charge < -0.3 is 10.1 Å². The van der Waals surface area contributed by atoms with E-state index in [1.807, 2.05) is 24.3 Å². The molecule has 0 amide bonds. The van der Waals surface area contributed by atoms with Crippen LogP contribution in [0.4, 0.5) is 5.69 Å². The first-order chi connectivity index (χ1) is 9.04. The fraction of sp³-hybridized carbons (Fsp3) is 0.533. The molecule has 0 aromatic heterocycles. The van der Waals surface area contributed by atoms with E-state index in [-0.39, 0.29) is 6.10 Å². The molecule has 1 aliphatic heterocycles. The molecule has 0 bridgehead atoms. The summed E-state index contributed by atoms with van der Waals surface area (Å²) < 4.78 is 5.74. The van der Waals surface area contributed by atoms with Gasteiger partial charge in [-0.2, -0.15) is 5.26 Å². The van der Waals surface area contributed by atoms with Crippen LogP contribution < -0.4 is 5.32 Å². The van der Waals surface area contributed by atoms with Crippen molar-refractivity contribution in [3.63, 3.8) is 0 Å². The minimum atomic E-state index is -0.541. The van der Waals surface area contributed by atoms with Gasteiger partial charge in [0.25, 0.3) is 0 Å². The molecule has 2 unspecified atom stereocenters. The summed E-state index contributed by atoms with van der Waals surface area (Å²) in [7, 11) is 0. The molecule has 2 atom stereocenters. The predicted molar refractivity (Wildman–Crippen MR) is 77.2 cm³/mol. The van der Waals surface area contributed by atoms with E-state index in [9.17, 15) is 5.26 Å². The van der Waals surface area contributed by atoms with Crippen molar-refractivity contribution >= 4 is 17.3 Å². The van der Waals surface area contributed by atoms with Crippen LogP contribution in [0.5, 0.6) is 0 Å². The number of ether oxygens (including phenoxy) is 1. The average molecular weight is 279 g/mol. The van der Waals surface area contributed by atoms with E-state index < -0.39 is 5.54 Å². The molecule has 1 N–H and O–H groups in total. The highest BCUT2D eigenvalue weighted by molar-refractivity contribution is 6.30. The summed E-state index contributed by atoms with van der Waals surface area (Å²) >= 11 is 5.87. The first-order valence-electron chi connectivity index (χ1n) is 6.61. The molecule has 3 nitrogen and oxygen atoms in total. The molecule has 0 spiro atoms. The molecule has 2 rings (SSSR count). The normalized spacial score (nSPS) is 27.0. The van der Waals surface area contributed by atoms with Gasteiger partial charge in [-0.1, -0.05) is 25.4 Å². The Morgan fingerprint density at radius 3 is 2.68 bits per heavy atom. The van der Waals surface area contributed by atoms with Crippen LogP contribution in [-0.2, 0) is 4.74 Å². The second-order valence-corrected chi connectivity index (χ2v) is 5.87. The highest BCUT2D eigenvalue weighted by Gasteiger charge is 2.38. The minimum Gasteiger partial charge on any atom is -0.378 e. The van der Waals surface area contributed by atoms with Crippen LogP contribution in [0.2, 0.25) is 5.02 Å². The minimum absolute atomic E-state index is 0.133. The largest absolute Gasteiger partial charge is 0.378 e. The van der Waals surface area contributed by atoms with E-state index in [1.165, 1.54) is 0 Å². The number of benzene rings is 1. The van der Waals surface area contributed by atoms with Crippen molar-refractivity contribution < 1.29 is 4.74 Å². The third kappa shape index (κ3) is 3.40. The Morgan fingerprint density at radius 1 is 1.42 bits per heavy atom. The number of hydrogen-bond donors (Lipinski definition) is 1. The standard InChI is InChI=1S/C15H19ClN2O/c1-11(2)14-9-15(10-17,7-8-19-14)18-13-5-3-12(16)4-6-13/h3-6,11,14,18H,7-9H2,1-2H3. The van der Waals surface area contributed by atoms with Crippen molar-refractivity contribution in [3.05, 3.63) is 29.3 Å². The lowest BCUT2D eigenvalue weighted by Gasteiger charge is -2.38. The number of hydrogen-bond acceptors (Lipinski definition) is 3. The average Bonchev–Trinajstić information content (AvgIpc) is 2.42. The van der Waals surface area contributed by atoms with Crippen molar-refractivity contribution in [1.29, 1.82) is 5.26 Å². The van der Waals surface area contributed by atoms with Crippen LogP contribution in [0.3, 0.4) is 0 Å². The maximum absolute atomic E-state index is 9.56. The summed E-state index contributed by atoms with van der Waals surface area (Å²) in [5.41, 5.74) is 0.386. The van der Waals surface area contributed by atoms with Gasteiger partial charge >= 0.3 is 0 Å². The van der Waals surface area contributed by atoms with Crippen molar-refractivity contribution in [3.8, 4) is 6.07 Å². The fourth-order valence-corrected chi connectivity index (χ4v) is 2.50. The fourth-order valence-electron chi connectivity index (χ4n) is 2.37. The quantitative estimate of drug-likeness (QED) is 0.913. The van der Waals surface area contributed by atoms with Crippen LogP contribution in [0.1, 0.15) is 26.7 Å². The molecule has 19 heavy (non-hydrogen) atoms. The predicted octanol–water partition coefficient (Wildman–Crippen LogP) is 3.85. The summed E-state index contributed by atoms with van der Waals surface area (Å²) in [6.45, 7) is 4.87. The monoisotopic (exact) mass is 278 g/mol. The second-order valence-electron chi connectivity index (χ2n) is 5.43. The summed E-state index contributed by atoms with van der Waals surface area (Å²) in [6.07, 6.45) is 1.55. The lowest BCUT2D eigenvalue weighted by atomic mass is 9.84. The maximum atomic E-state index is 9.56. The van der Waals surface area contributed by atoms with Gasteiger partial charge in [0, 0.05) is 23.6 Å². The lowest BCUT2D eigenvalue weighted by molar-refractivity contribution is -0.0272. The van der Waals surface area contributed by atoms with Gasteiger partial charge in [-0.3, -0.25) is 0 Å². The van der Waals surface area contributed by atoms with Gasteiger partial charge in [0.05, 0.1) is 18.8 Å². The van der Waals surface area contributed by atoms with Crippen molar-refractivity contribution in [2.75, 3.05) is 11.9 Å². The van der Waals surface area contributed by atoms with E-state index in [2.05, 4.69) is 25.2 Å². The Morgan fingerprint density at radius 2 is 2.11 bits per heavy atom. The van der Waals surface area contributed by atoms with E-state index >= 15 is 0 Å². The molecule has 0 radical (unpaired) electrons. The van der Waals surface area contributed by atoms with E-state index in [4.69, 9.17) is 16.3 Å². The molecular weight excluding hydrogens is 260 g/mol. The summed E-state index contributed by atoms with van der Waals surface area (Å²) in [5, 5.41) is 13.6. The maximum Gasteiger partial charge on any atom is 0.130 e. The zero-order chi connectivity index (χ0) is 13.9. The van der Waals surface area contributed by atoms with Crippen LogP contribution in [0.15, 0.2) is 24.3 Å². The summed E-state index contributed by atoms with van der Waals surface area (Å²) in [4.78, 5) is 0. The van der Waals surface area contributed by atoms with Gasteiger partial charge in [-0.05, 0) is 30.2 Å². The third-order valence-electron chi connectivity index (χ3n) is 3.60. The van der Waals surface area contributed by atoms with E-state index in [1.54, 1.807) is 0 Å². The summed E-state index contributed by atoms with van der Waals surface area (Å²) in [6, 6.07) is 9.90. The van der Waals surface area contributed by atoms with Crippen molar-refractivity contribution in [1.82, 2.24) is 0 Å². The first-order valence-corrected chi connectivity index (χ1v) is 6.99. The van der Waals surface area contributed by atoms with Gasteiger partial charge in [0.15, 0.2) is 0 Å². The molecule has 102 valence electrons. The molecule has 4 heteroatoms. The second kappa shape index (κ2) is 5.81. The zero-order valence-electron chi connectivity index (χ0n) is 11.3. The number of nitrogens with zero attached hydrogens (tertiary/aromatic N) is 1. The molecular formula is C15H19ClN2O. The third-order valence-corrected chi connectivity index (χ3v) is 3.85. The number of anilines is 1. The van der Waals surface area contributed by atoms with Crippen LogP contribution in [0.25, 0.3) is 0 Å². The summed E-state index contributed by atoms with van der Waals surface area (Å²) in [5.74, 6) is 0.417. The highest BCUT2D eigenvalue weighted by atomic mass is 35.5. The van der Waals surface area contributed by atoms with Gasteiger partial charge in [-0.15, -0.1) is 0 Å². The molecule has 1 aromatic rings. The van der Waals surface area contributed by atoms with E-state index in [0.29, 0.717) is 30.4 Å². The molecule has 1 heterocycles. The van der Waals surface area contributed by atoms with Crippen LogP contribution in [-0.4, -0.2) is 18.2 Å². The van der Waals surface area contributed by atoms with Crippen molar-refractivity contribution in [2.24, 2.45) is 5.92 Å².